The lowest BCUT2D eigenvalue weighted by molar-refractivity contribution is -0.148. The molecule has 1 heterocycles. The maximum absolute atomic E-state index is 10.9. The lowest BCUT2D eigenvalue weighted by Crippen LogP contribution is -2.37. The van der Waals surface area contributed by atoms with E-state index in [1.54, 1.807) is 6.07 Å². The Morgan fingerprint density at radius 3 is 3.00 bits per heavy atom. The third-order valence-corrected chi connectivity index (χ3v) is 3.07. The topological polar surface area (TPSA) is 46.5 Å². The number of benzene rings is 1. The van der Waals surface area contributed by atoms with Gasteiger partial charge in [-0.3, -0.25) is 0 Å². The summed E-state index contributed by atoms with van der Waals surface area (Å²) in [5.41, 5.74) is 1.06. The van der Waals surface area contributed by atoms with Crippen LogP contribution in [0.25, 0.3) is 0 Å². The van der Waals surface area contributed by atoms with Crippen LogP contribution in [0.5, 0.6) is 5.75 Å². The first-order valence-electron chi connectivity index (χ1n) is 4.76. The molecule has 80 valence electrons. The molecule has 1 N–H and O–H groups in total. The molecule has 0 amide bonds. The summed E-state index contributed by atoms with van der Waals surface area (Å²) in [6.45, 7) is 1.89. The van der Waals surface area contributed by atoms with Gasteiger partial charge in [0, 0.05) is 10.4 Å². The van der Waals surface area contributed by atoms with E-state index in [4.69, 9.17) is 9.84 Å². The van der Waals surface area contributed by atoms with E-state index >= 15 is 0 Å². The Morgan fingerprint density at radius 2 is 2.33 bits per heavy atom. The fourth-order valence-corrected chi connectivity index (χ4v) is 2.23. The second kappa shape index (κ2) is 3.85. The second-order valence-electron chi connectivity index (χ2n) is 3.81. The van der Waals surface area contributed by atoms with E-state index < -0.39 is 12.1 Å². The molecule has 1 aromatic rings. The van der Waals surface area contributed by atoms with Crippen LogP contribution in [-0.4, -0.2) is 17.2 Å². The van der Waals surface area contributed by atoms with E-state index in [2.05, 4.69) is 15.9 Å². The molecular weight excluding hydrogens is 260 g/mol. The fraction of sp³-hybridized carbons (Fsp3) is 0.364. The van der Waals surface area contributed by atoms with Gasteiger partial charge in [0.25, 0.3) is 0 Å². The Hall–Kier alpha value is -1.03. The smallest absolute Gasteiger partial charge is 0.345 e. The zero-order valence-electron chi connectivity index (χ0n) is 8.24. The van der Waals surface area contributed by atoms with Gasteiger partial charge in [-0.15, -0.1) is 0 Å². The minimum absolute atomic E-state index is 0.00398. The molecule has 0 bridgehead atoms. The molecule has 1 aromatic carbocycles. The first-order chi connectivity index (χ1) is 7.08. The number of aliphatic carboxylic acids is 1. The standard InChI is InChI=1S/C11H11BrO3/c1-6-4-7-5-8(12)2-3-9(7)15-10(6)11(13)14/h2-3,5-6,10H,4H2,1H3,(H,13,14). The van der Waals surface area contributed by atoms with E-state index in [-0.39, 0.29) is 5.92 Å². The molecule has 3 nitrogen and oxygen atoms in total. The van der Waals surface area contributed by atoms with Crippen LogP contribution in [0, 0.1) is 5.92 Å². The van der Waals surface area contributed by atoms with Crippen molar-refractivity contribution >= 4 is 21.9 Å². The summed E-state index contributed by atoms with van der Waals surface area (Å²) in [4.78, 5) is 10.9. The van der Waals surface area contributed by atoms with Crippen molar-refractivity contribution in [3.8, 4) is 5.75 Å². The Labute approximate surface area is 96.2 Å². The van der Waals surface area contributed by atoms with Crippen LogP contribution in [0.4, 0.5) is 0 Å². The molecule has 0 saturated heterocycles. The van der Waals surface area contributed by atoms with Crippen LogP contribution >= 0.6 is 15.9 Å². The highest BCUT2D eigenvalue weighted by molar-refractivity contribution is 9.10. The first kappa shape index (κ1) is 10.5. The van der Waals surface area contributed by atoms with Crippen LogP contribution in [0.1, 0.15) is 12.5 Å². The fourth-order valence-electron chi connectivity index (χ4n) is 1.82. The predicted molar refractivity (Wildman–Crippen MR) is 59.1 cm³/mol. The van der Waals surface area contributed by atoms with Crippen molar-refractivity contribution in [2.24, 2.45) is 5.92 Å². The predicted octanol–water partition coefficient (Wildman–Crippen LogP) is 2.47. The molecule has 0 aliphatic carbocycles. The third-order valence-electron chi connectivity index (χ3n) is 2.58. The molecule has 0 spiro atoms. The quantitative estimate of drug-likeness (QED) is 0.853. The number of fused-ring (bicyclic) bond motifs is 1. The lowest BCUT2D eigenvalue weighted by atomic mass is 9.92. The van der Waals surface area contributed by atoms with Crippen molar-refractivity contribution in [3.63, 3.8) is 0 Å². The molecule has 2 unspecified atom stereocenters. The summed E-state index contributed by atoms with van der Waals surface area (Å²) in [7, 11) is 0. The Balaban J connectivity index is 2.33. The average Bonchev–Trinajstić information content (AvgIpc) is 2.15. The van der Waals surface area contributed by atoms with Crippen LogP contribution in [-0.2, 0) is 11.2 Å². The number of hydrogen-bond acceptors (Lipinski definition) is 2. The van der Waals surface area contributed by atoms with Crippen molar-refractivity contribution in [2.75, 3.05) is 0 Å². The van der Waals surface area contributed by atoms with Crippen LogP contribution in [0.15, 0.2) is 22.7 Å². The Kier molecular flexibility index (Phi) is 2.69. The number of carboxylic acids is 1. The molecule has 1 aliphatic rings. The summed E-state index contributed by atoms with van der Waals surface area (Å²) in [6.07, 6.45) is 0.0184. The van der Waals surface area contributed by atoms with Gasteiger partial charge in [-0.05, 0) is 30.2 Å². The molecule has 2 atom stereocenters. The van der Waals surface area contributed by atoms with Gasteiger partial charge >= 0.3 is 5.97 Å². The summed E-state index contributed by atoms with van der Waals surface area (Å²) in [5.74, 6) is -0.205. The molecule has 1 aliphatic heterocycles. The van der Waals surface area contributed by atoms with Gasteiger partial charge in [0.2, 0.25) is 0 Å². The van der Waals surface area contributed by atoms with E-state index in [9.17, 15) is 4.79 Å². The zero-order valence-corrected chi connectivity index (χ0v) is 9.82. The molecule has 0 saturated carbocycles. The summed E-state index contributed by atoms with van der Waals surface area (Å²) >= 11 is 3.38. The van der Waals surface area contributed by atoms with E-state index in [1.807, 2.05) is 19.1 Å². The van der Waals surface area contributed by atoms with Gasteiger partial charge in [-0.2, -0.15) is 0 Å². The van der Waals surface area contributed by atoms with Gasteiger partial charge in [-0.25, -0.2) is 4.79 Å². The van der Waals surface area contributed by atoms with Gasteiger partial charge in [0.1, 0.15) is 5.75 Å². The van der Waals surface area contributed by atoms with Crippen LogP contribution in [0.2, 0.25) is 0 Å². The Morgan fingerprint density at radius 1 is 1.60 bits per heavy atom. The number of hydrogen-bond donors (Lipinski definition) is 1. The van der Waals surface area contributed by atoms with Crippen LogP contribution in [0.3, 0.4) is 0 Å². The molecule has 2 rings (SSSR count). The number of halogens is 1. The summed E-state index contributed by atoms with van der Waals surface area (Å²) in [6, 6.07) is 5.64. The molecule has 4 heteroatoms. The van der Waals surface area contributed by atoms with Gasteiger partial charge < -0.3 is 9.84 Å². The average molecular weight is 271 g/mol. The molecule has 0 aromatic heterocycles. The second-order valence-corrected chi connectivity index (χ2v) is 4.73. The summed E-state index contributed by atoms with van der Waals surface area (Å²) < 4.78 is 6.43. The number of carboxylic acid groups (broad SMARTS) is 1. The maximum atomic E-state index is 10.9. The maximum Gasteiger partial charge on any atom is 0.345 e. The monoisotopic (exact) mass is 270 g/mol. The van der Waals surface area contributed by atoms with E-state index in [0.29, 0.717) is 5.75 Å². The lowest BCUT2D eigenvalue weighted by Gasteiger charge is -2.28. The van der Waals surface area contributed by atoms with Gasteiger partial charge in [0.15, 0.2) is 6.10 Å². The van der Waals surface area contributed by atoms with Gasteiger partial charge in [-0.1, -0.05) is 22.9 Å². The number of rotatable bonds is 1. The zero-order chi connectivity index (χ0) is 11.0. The molecule has 0 radical (unpaired) electrons. The normalized spacial score (nSPS) is 24.1. The van der Waals surface area contributed by atoms with Crippen molar-refractivity contribution in [1.29, 1.82) is 0 Å². The van der Waals surface area contributed by atoms with E-state index in [0.717, 1.165) is 16.5 Å². The van der Waals surface area contributed by atoms with E-state index in [1.165, 1.54) is 0 Å². The largest absolute Gasteiger partial charge is 0.478 e. The SMILES string of the molecule is CC1Cc2cc(Br)ccc2OC1C(=O)O. The van der Waals surface area contributed by atoms with Gasteiger partial charge in [0.05, 0.1) is 0 Å². The third kappa shape index (κ3) is 2.00. The minimum atomic E-state index is -0.893. The van der Waals surface area contributed by atoms with Crippen LogP contribution < -0.4 is 4.74 Å². The molecule has 0 fully saturated rings. The highest BCUT2D eigenvalue weighted by Crippen LogP contribution is 2.32. The highest BCUT2D eigenvalue weighted by Gasteiger charge is 2.32. The van der Waals surface area contributed by atoms with Crippen molar-refractivity contribution in [3.05, 3.63) is 28.2 Å². The molecular formula is C11H11BrO3. The minimum Gasteiger partial charge on any atom is -0.478 e. The first-order valence-corrected chi connectivity index (χ1v) is 5.55. The number of ether oxygens (including phenoxy) is 1. The van der Waals surface area contributed by atoms with Crippen molar-refractivity contribution in [2.45, 2.75) is 19.4 Å². The highest BCUT2D eigenvalue weighted by atomic mass is 79.9. The Bertz CT molecular complexity index is 403. The molecule has 15 heavy (non-hydrogen) atoms. The van der Waals surface area contributed by atoms with Crippen molar-refractivity contribution in [1.82, 2.24) is 0 Å². The number of carbonyl (C=O) groups is 1. The van der Waals surface area contributed by atoms with Crippen molar-refractivity contribution < 1.29 is 14.6 Å². The summed E-state index contributed by atoms with van der Waals surface area (Å²) in [5, 5.41) is 8.95.